The third kappa shape index (κ3) is 5.63. The Balaban J connectivity index is 2.90. The van der Waals surface area contributed by atoms with Crippen LogP contribution in [0.25, 0.3) is 0 Å². The first-order valence-electron chi connectivity index (χ1n) is 7.10. The van der Waals surface area contributed by atoms with Gasteiger partial charge in [0.05, 0.1) is 6.04 Å². The van der Waals surface area contributed by atoms with Crippen LogP contribution >= 0.6 is 0 Å². The second kappa shape index (κ2) is 7.31. The monoisotopic (exact) mass is 295 g/mol. The van der Waals surface area contributed by atoms with Crippen molar-refractivity contribution in [1.82, 2.24) is 4.90 Å². The van der Waals surface area contributed by atoms with E-state index < -0.39 is 11.7 Å². The molecule has 0 aromatic heterocycles. The van der Waals surface area contributed by atoms with Gasteiger partial charge in [-0.3, -0.25) is 0 Å². The number of hydrogen-bond donors (Lipinski definition) is 2. The first kappa shape index (κ1) is 17.3. The van der Waals surface area contributed by atoms with Crippen LogP contribution in [0.5, 0.6) is 5.75 Å². The molecule has 5 heteroatoms. The van der Waals surface area contributed by atoms with Gasteiger partial charge in [-0.25, -0.2) is 4.79 Å². The highest BCUT2D eigenvalue weighted by molar-refractivity contribution is 5.68. The summed E-state index contributed by atoms with van der Waals surface area (Å²) < 4.78 is 5.38. The standard InChI is InChI=1S/C16H25NO4/c1-16(2,3)21-15(20)17(4)14(6-5-11-18)12-7-9-13(19)10-8-12/h7-10,14,18-19H,5-6,11H2,1-4H3. The third-order valence-electron chi connectivity index (χ3n) is 3.06. The Kier molecular flexibility index (Phi) is 6.03. The van der Waals surface area contributed by atoms with E-state index in [1.165, 1.54) is 4.90 Å². The summed E-state index contributed by atoms with van der Waals surface area (Å²) in [5.41, 5.74) is 0.344. The fourth-order valence-electron chi connectivity index (χ4n) is 2.03. The van der Waals surface area contributed by atoms with Crippen molar-refractivity contribution in [1.29, 1.82) is 0 Å². The van der Waals surface area contributed by atoms with Gasteiger partial charge in [-0.05, 0) is 51.3 Å². The first-order chi connectivity index (χ1) is 9.74. The molecule has 1 atom stereocenters. The molecule has 0 heterocycles. The van der Waals surface area contributed by atoms with Gasteiger partial charge in [0.25, 0.3) is 0 Å². The van der Waals surface area contributed by atoms with Crippen molar-refractivity contribution in [2.45, 2.75) is 45.3 Å². The minimum atomic E-state index is -0.554. The molecule has 1 amide bonds. The number of carbonyl (C=O) groups is 1. The van der Waals surface area contributed by atoms with Crippen molar-refractivity contribution in [2.24, 2.45) is 0 Å². The zero-order valence-corrected chi connectivity index (χ0v) is 13.2. The number of hydrogen-bond acceptors (Lipinski definition) is 4. The molecule has 1 aromatic carbocycles. The van der Waals surface area contributed by atoms with Gasteiger partial charge in [-0.15, -0.1) is 0 Å². The van der Waals surface area contributed by atoms with E-state index in [4.69, 9.17) is 9.84 Å². The summed E-state index contributed by atoms with van der Waals surface area (Å²) in [4.78, 5) is 13.7. The Morgan fingerprint density at radius 2 is 1.86 bits per heavy atom. The highest BCUT2D eigenvalue weighted by Crippen LogP contribution is 2.27. The van der Waals surface area contributed by atoms with Crippen molar-refractivity contribution in [2.75, 3.05) is 13.7 Å². The number of benzene rings is 1. The van der Waals surface area contributed by atoms with Crippen LogP contribution in [0.2, 0.25) is 0 Å². The second-order valence-electron chi connectivity index (χ2n) is 6.06. The summed E-state index contributed by atoms with van der Waals surface area (Å²) in [5, 5.41) is 18.4. The largest absolute Gasteiger partial charge is 0.508 e. The average molecular weight is 295 g/mol. The highest BCUT2D eigenvalue weighted by Gasteiger charge is 2.26. The molecule has 0 aliphatic carbocycles. The second-order valence-corrected chi connectivity index (χ2v) is 6.06. The maximum Gasteiger partial charge on any atom is 0.410 e. The number of nitrogens with zero attached hydrogens (tertiary/aromatic N) is 1. The highest BCUT2D eigenvalue weighted by atomic mass is 16.6. The molecule has 1 unspecified atom stereocenters. The van der Waals surface area contributed by atoms with Gasteiger partial charge < -0.3 is 19.8 Å². The molecule has 118 valence electrons. The molecular weight excluding hydrogens is 270 g/mol. The number of aliphatic hydroxyl groups is 1. The van der Waals surface area contributed by atoms with Gasteiger partial charge in [0.1, 0.15) is 11.4 Å². The molecule has 0 saturated heterocycles. The summed E-state index contributed by atoms with van der Waals surface area (Å²) in [6.45, 7) is 5.53. The third-order valence-corrected chi connectivity index (χ3v) is 3.06. The quantitative estimate of drug-likeness (QED) is 0.876. The lowest BCUT2D eigenvalue weighted by molar-refractivity contribution is 0.0206. The lowest BCUT2D eigenvalue weighted by atomic mass is 10.0. The van der Waals surface area contributed by atoms with E-state index in [0.717, 1.165) is 5.56 Å². The average Bonchev–Trinajstić information content (AvgIpc) is 2.39. The van der Waals surface area contributed by atoms with E-state index in [2.05, 4.69) is 0 Å². The van der Waals surface area contributed by atoms with Gasteiger partial charge in [0, 0.05) is 13.7 Å². The molecule has 0 spiro atoms. The number of phenolic OH excluding ortho intramolecular Hbond substituents is 1. The summed E-state index contributed by atoms with van der Waals surface area (Å²) in [6, 6.07) is 6.53. The van der Waals surface area contributed by atoms with Crippen LogP contribution in [-0.2, 0) is 4.74 Å². The Morgan fingerprint density at radius 1 is 1.29 bits per heavy atom. The predicted octanol–water partition coefficient (Wildman–Crippen LogP) is 3.07. The number of aliphatic hydroxyl groups excluding tert-OH is 1. The number of carbonyl (C=O) groups excluding carboxylic acids is 1. The van der Waals surface area contributed by atoms with Crippen molar-refractivity contribution in [3.8, 4) is 5.75 Å². The Hall–Kier alpha value is -1.75. The SMILES string of the molecule is CN(C(=O)OC(C)(C)C)C(CCCO)c1ccc(O)cc1. The Morgan fingerprint density at radius 3 is 2.33 bits per heavy atom. The van der Waals surface area contributed by atoms with E-state index in [1.807, 2.05) is 20.8 Å². The van der Waals surface area contributed by atoms with Gasteiger partial charge in [-0.2, -0.15) is 0 Å². The minimum Gasteiger partial charge on any atom is -0.508 e. The maximum atomic E-state index is 12.2. The molecule has 21 heavy (non-hydrogen) atoms. The zero-order chi connectivity index (χ0) is 16.0. The molecule has 5 nitrogen and oxygen atoms in total. The topological polar surface area (TPSA) is 70.0 Å². The van der Waals surface area contributed by atoms with Crippen LogP contribution in [0.4, 0.5) is 4.79 Å². The molecular formula is C16H25NO4. The van der Waals surface area contributed by atoms with Crippen molar-refractivity contribution >= 4 is 6.09 Å². The maximum absolute atomic E-state index is 12.2. The molecule has 0 bridgehead atoms. The van der Waals surface area contributed by atoms with Crippen LogP contribution < -0.4 is 0 Å². The van der Waals surface area contributed by atoms with E-state index in [1.54, 1.807) is 31.3 Å². The predicted molar refractivity (Wildman–Crippen MR) is 81.2 cm³/mol. The van der Waals surface area contributed by atoms with E-state index in [9.17, 15) is 9.90 Å². The van der Waals surface area contributed by atoms with Crippen molar-refractivity contribution in [3.63, 3.8) is 0 Å². The summed E-state index contributed by atoms with van der Waals surface area (Å²) >= 11 is 0. The molecule has 0 aliphatic heterocycles. The van der Waals surface area contributed by atoms with E-state index >= 15 is 0 Å². The molecule has 0 fully saturated rings. The van der Waals surface area contributed by atoms with Crippen LogP contribution in [0, 0.1) is 0 Å². The van der Waals surface area contributed by atoms with Gasteiger partial charge in [0.15, 0.2) is 0 Å². The number of aromatic hydroxyl groups is 1. The van der Waals surface area contributed by atoms with Gasteiger partial charge >= 0.3 is 6.09 Å². The summed E-state index contributed by atoms with van der Waals surface area (Å²) in [7, 11) is 1.68. The number of rotatable bonds is 5. The minimum absolute atomic E-state index is 0.0662. The number of ether oxygens (including phenoxy) is 1. The molecule has 0 aliphatic rings. The number of amides is 1. The number of phenols is 1. The van der Waals surface area contributed by atoms with Crippen molar-refractivity contribution < 1.29 is 19.7 Å². The normalized spacial score (nSPS) is 12.8. The van der Waals surface area contributed by atoms with Gasteiger partial charge in [0.2, 0.25) is 0 Å². The lowest BCUT2D eigenvalue weighted by Gasteiger charge is -2.31. The van der Waals surface area contributed by atoms with E-state index in [0.29, 0.717) is 12.8 Å². The Labute approximate surface area is 126 Å². The Bertz CT molecular complexity index is 450. The van der Waals surface area contributed by atoms with Crippen LogP contribution in [0.3, 0.4) is 0 Å². The molecule has 2 N–H and O–H groups in total. The summed E-state index contributed by atoms with van der Waals surface area (Å²) in [6.07, 6.45) is 0.800. The van der Waals surface area contributed by atoms with Crippen LogP contribution in [-0.4, -0.2) is 40.5 Å². The van der Waals surface area contributed by atoms with Crippen molar-refractivity contribution in [3.05, 3.63) is 29.8 Å². The lowest BCUT2D eigenvalue weighted by Crippen LogP contribution is -2.36. The zero-order valence-electron chi connectivity index (χ0n) is 13.2. The molecule has 1 rings (SSSR count). The smallest absolute Gasteiger partial charge is 0.410 e. The van der Waals surface area contributed by atoms with Gasteiger partial charge in [-0.1, -0.05) is 12.1 Å². The molecule has 0 radical (unpaired) electrons. The molecule has 0 saturated carbocycles. The van der Waals surface area contributed by atoms with Crippen LogP contribution in [0.1, 0.15) is 45.2 Å². The van der Waals surface area contributed by atoms with E-state index in [-0.39, 0.29) is 18.4 Å². The summed E-state index contributed by atoms with van der Waals surface area (Å²) in [5.74, 6) is 0.180. The fourth-order valence-corrected chi connectivity index (χ4v) is 2.03. The first-order valence-corrected chi connectivity index (χ1v) is 7.10. The van der Waals surface area contributed by atoms with Crippen LogP contribution in [0.15, 0.2) is 24.3 Å². The fraction of sp³-hybridized carbons (Fsp3) is 0.562. The molecule has 1 aromatic rings.